The minimum Gasteiger partial charge on any atom is -0.313 e. The van der Waals surface area contributed by atoms with Gasteiger partial charge < -0.3 is 5.32 Å². The van der Waals surface area contributed by atoms with Crippen molar-refractivity contribution in [1.82, 2.24) is 5.32 Å². The Hall–Kier alpha value is -1.10. The second-order valence-corrected chi connectivity index (χ2v) is 5.73. The fraction of sp³-hybridized carbons (Fsp3) is 0.200. The highest BCUT2D eigenvalue weighted by Crippen LogP contribution is 2.34. The van der Waals surface area contributed by atoms with Crippen LogP contribution < -0.4 is 5.32 Å². The maximum absolute atomic E-state index is 13.7. The lowest BCUT2D eigenvalue weighted by Gasteiger charge is -2.11. The van der Waals surface area contributed by atoms with Gasteiger partial charge in [0, 0.05) is 16.5 Å². The topological polar surface area (TPSA) is 12.0 Å². The minimum atomic E-state index is -0.448. The van der Waals surface area contributed by atoms with Crippen LogP contribution in [0.15, 0.2) is 46.2 Å². The van der Waals surface area contributed by atoms with Gasteiger partial charge in [0.15, 0.2) is 0 Å². The Labute approximate surface area is 126 Å². The quantitative estimate of drug-likeness (QED) is 0.844. The Bertz CT molecular complexity index is 604. The van der Waals surface area contributed by atoms with Crippen molar-refractivity contribution >= 4 is 23.4 Å². The van der Waals surface area contributed by atoms with Crippen molar-refractivity contribution in [3.63, 3.8) is 0 Å². The van der Waals surface area contributed by atoms with Crippen molar-refractivity contribution in [2.24, 2.45) is 0 Å². The molecule has 0 aromatic heterocycles. The molecular weight excluding hydrogens is 300 g/mol. The van der Waals surface area contributed by atoms with E-state index in [4.69, 9.17) is 11.6 Å². The summed E-state index contributed by atoms with van der Waals surface area (Å²) in [5, 5.41) is 3.83. The van der Waals surface area contributed by atoms with Crippen molar-refractivity contribution in [3.05, 3.63) is 58.6 Å². The lowest BCUT2D eigenvalue weighted by atomic mass is 10.2. The van der Waals surface area contributed by atoms with E-state index >= 15 is 0 Å². The maximum atomic E-state index is 13.7. The number of hydrogen-bond acceptors (Lipinski definition) is 2. The van der Waals surface area contributed by atoms with Gasteiger partial charge in [-0.1, -0.05) is 30.3 Å². The molecule has 1 nitrogen and oxygen atoms in total. The van der Waals surface area contributed by atoms with Crippen LogP contribution in [-0.4, -0.2) is 6.54 Å². The van der Waals surface area contributed by atoms with E-state index in [-0.39, 0.29) is 4.90 Å². The van der Waals surface area contributed by atoms with Gasteiger partial charge in [-0.15, -0.1) is 0 Å². The van der Waals surface area contributed by atoms with Gasteiger partial charge in [0.1, 0.15) is 11.6 Å². The van der Waals surface area contributed by atoms with Crippen LogP contribution in [0.3, 0.4) is 0 Å². The van der Waals surface area contributed by atoms with Gasteiger partial charge in [0.05, 0.1) is 4.90 Å². The van der Waals surface area contributed by atoms with Crippen LogP contribution in [0.4, 0.5) is 8.78 Å². The molecular formula is C15H14ClF2NS. The minimum absolute atomic E-state index is 0.269. The first-order valence-corrected chi connectivity index (χ1v) is 7.41. The van der Waals surface area contributed by atoms with Crippen LogP contribution in [0.1, 0.15) is 12.5 Å². The largest absolute Gasteiger partial charge is 0.313 e. The van der Waals surface area contributed by atoms with E-state index in [9.17, 15) is 8.78 Å². The molecule has 0 aliphatic rings. The van der Waals surface area contributed by atoms with E-state index in [1.54, 1.807) is 6.07 Å². The average molecular weight is 314 g/mol. The number of halogens is 3. The Balaban J connectivity index is 2.30. The van der Waals surface area contributed by atoms with Gasteiger partial charge in [-0.05, 0) is 48.5 Å². The smallest absolute Gasteiger partial charge is 0.137 e. The van der Waals surface area contributed by atoms with Gasteiger partial charge in [-0.2, -0.15) is 0 Å². The normalized spacial score (nSPS) is 10.8. The van der Waals surface area contributed by atoms with E-state index in [1.165, 1.54) is 17.8 Å². The summed E-state index contributed by atoms with van der Waals surface area (Å²) >= 11 is 7.18. The molecule has 0 aliphatic heterocycles. The summed E-state index contributed by atoms with van der Waals surface area (Å²) in [4.78, 5) is 1.13. The van der Waals surface area contributed by atoms with Gasteiger partial charge in [-0.3, -0.25) is 0 Å². The third-order valence-corrected chi connectivity index (χ3v) is 4.09. The summed E-state index contributed by atoms with van der Waals surface area (Å²) in [6.07, 6.45) is 0. The third-order valence-electron chi connectivity index (χ3n) is 2.70. The van der Waals surface area contributed by atoms with Crippen LogP contribution in [-0.2, 0) is 6.54 Å². The Morgan fingerprint density at radius 1 is 1.10 bits per heavy atom. The predicted molar refractivity (Wildman–Crippen MR) is 79.3 cm³/mol. The van der Waals surface area contributed by atoms with E-state index < -0.39 is 11.6 Å². The molecule has 0 atom stereocenters. The van der Waals surface area contributed by atoms with E-state index in [1.807, 2.05) is 19.1 Å². The van der Waals surface area contributed by atoms with Crippen molar-refractivity contribution in [1.29, 1.82) is 0 Å². The van der Waals surface area contributed by atoms with E-state index in [2.05, 4.69) is 5.32 Å². The van der Waals surface area contributed by atoms with E-state index in [0.717, 1.165) is 29.1 Å². The van der Waals surface area contributed by atoms with Crippen molar-refractivity contribution in [2.45, 2.75) is 23.3 Å². The number of nitrogens with one attached hydrogen (secondary N) is 1. The molecule has 5 heteroatoms. The molecule has 0 radical (unpaired) electrons. The molecule has 0 bridgehead atoms. The lowest BCUT2D eigenvalue weighted by molar-refractivity contribution is 0.577. The first-order chi connectivity index (χ1) is 9.60. The van der Waals surface area contributed by atoms with Crippen molar-refractivity contribution in [2.75, 3.05) is 6.54 Å². The summed E-state index contributed by atoms with van der Waals surface area (Å²) in [6.45, 7) is 3.46. The molecule has 0 heterocycles. The first-order valence-electron chi connectivity index (χ1n) is 6.22. The first kappa shape index (κ1) is 15.3. The highest BCUT2D eigenvalue weighted by molar-refractivity contribution is 7.99. The van der Waals surface area contributed by atoms with Crippen molar-refractivity contribution < 1.29 is 8.78 Å². The van der Waals surface area contributed by atoms with Crippen LogP contribution in [0.2, 0.25) is 5.02 Å². The second-order valence-electron chi connectivity index (χ2n) is 4.21. The standard InChI is InChI=1S/C15H14ClF2NS/c1-2-19-9-10-7-11(16)3-6-14(10)20-15-8-12(17)4-5-13(15)18/h3-8,19H,2,9H2,1H3. The Morgan fingerprint density at radius 2 is 1.90 bits per heavy atom. The molecule has 1 N–H and O–H groups in total. The van der Waals surface area contributed by atoms with E-state index in [0.29, 0.717) is 11.6 Å². The molecule has 20 heavy (non-hydrogen) atoms. The summed E-state index contributed by atoms with van der Waals surface area (Å²) in [5.74, 6) is -0.878. The molecule has 0 saturated heterocycles. The number of benzene rings is 2. The SMILES string of the molecule is CCNCc1cc(Cl)ccc1Sc1cc(F)ccc1F. The molecule has 0 saturated carbocycles. The molecule has 0 spiro atoms. The summed E-state index contributed by atoms with van der Waals surface area (Å²) in [5.41, 5.74) is 0.966. The zero-order chi connectivity index (χ0) is 14.5. The fourth-order valence-corrected chi connectivity index (χ4v) is 2.89. The molecule has 0 amide bonds. The maximum Gasteiger partial charge on any atom is 0.137 e. The summed E-state index contributed by atoms with van der Waals surface area (Å²) in [6, 6.07) is 8.86. The zero-order valence-electron chi connectivity index (χ0n) is 10.9. The van der Waals surface area contributed by atoms with Crippen LogP contribution in [0.25, 0.3) is 0 Å². The molecule has 106 valence electrons. The summed E-state index contributed by atoms with van der Waals surface area (Å²) < 4.78 is 26.9. The Morgan fingerprint density at radius 3 is 2.65 bits per heavy atom. The molecule has 2 rings (SSSR count). The number of rotatable bonds is 5. The molecule has 2 aromatic rings. The third kappa shape index (κ3) is 3.95. The highest BCUT2D eigenvalue weighted by Gasteiger charge is 2.10. The highest BCUT2D eigenvalue weighted by atomic mass is 35.5. The predicted octanol–water partition coefficient (Wildman–Crippen LogP) is 4.88. The molecule has 0 aliphatic carbocycles. The van der Waals surface area contributed by atoms with Gasteiger partial charge in [-0.25, -0.2) is 8.78 Å². The van der Waals surface area contributed by atoms with Crippen LogP contribution in [0, 0.1) is 11.6 Å². The van der Waals surface area contributed by atoms with Gasteiger partial charge in [0.25, 0.3) is 0 Å². The molecule has 0 fully saturated rings. The lowest BCUT2D eigenvalue weighted by Crippen LogP contribution is -2.12. The number of hydrogen-bond donors (Lipinski definition) is 1. The molecule has 0 unspecified atom stereocenters. The van der Waals surface area contributed by atoms with Gasteiger partial charge in [0.2, 0.25) is 0 Å². The molecule has 2 aromatic carbocycles. The summed E-state index contributed by atoms with van der Waals surface area (Å²) in [7, 11) is 0. The van der Waals surface area contributed by atoms with Crippen molar-refractivity contribution in [3.8, 4) is 0 Å². The zero-order valence-corrected chi connectivity index (χ0v) is 12.5. The second kappa shape index (κ2) is 7.07. The fourth-order valence-electron chi connectivity index (χ4n) is 1.72. The monoisotopic (exact) mass is 313 g/mol. The Kier molecular flexibility index (Phi) is 5.40. The average Bonchev–Trinajstić information content (AvgIpc) is 2.43. The van der Waals surface area contributed by atoms with Crippen LogP contribution >= 0.6 is 23.4 Å². The van der Waals surface area contributed by atoms with Gasteiger partial charge >= 0.3 is 0 Å². The van der Waals surface area contributed by atoms with Crippen LogP contribution in [0.5, 0.6) is 0 Å².